The molecule has 0 aromatic heterocycles. The van der Waals surface area contributed by atoms with Crippen LogP contribution in [0, 0.1) is 0 Å². The summed E-state index contributed by atoms with van der Waals surface area (Å²) in [5.41, 5.74) is 0.791. The maximum atomic E-state index is 12.4. The molecule has 1 atom stereocenters. The molecule has 0 N–H and O–H groups in total. The number of rotatable bonds is 15. The van der Waals surface area contributed by atoms with Gasteiger partial charge in [-0.15, -0.1) is 11.6 Å². The smallest absolute Gasteiger partial charge is 0.343 e. The zero-order chi connectivity index (χ0) is 23.9. The standard InChI is InChI=1S/C27H35ClO5/c1-3-4-5-6-7-8-9-10-19-31-24-15-11-23(12-16-24)27(30)33-25-17-13-22(14-18-25)26(29)32-20-21(2)28/h11-18,21H,3-10,19-20H2,1-2H3/t21-/m1/s1. The lowest BCUT2D eigenvalue weighted by atomic mass is 10.1. The molecule has 0 aliphatic carbocycles. The van der Waals surface area contributed by atoms with Gasteiger partial charge in [-0.25, -0.2) is 9.59 Å². The molecule has 0 spiro atoms. The van der Waals surface area contributed by atoms with Crippen LogP contribution in [0.3, 0.4) is 0 Å². The molecule has 0 aliphatic rings. The average molecular weight is 475 g/mol. The number of esters is 2. The number of carbonyl (C=O) groups is 2. The van der Waals surface area contributed by atoms with Crippen LogP contribution in [0.25, 0.3) is 0 Å². The lowest BCUT2D eigenvalue weighted by Crippen LogP contribution is -2.12. The van der Waals surface area contributed by atoms with E-state index in [-0.39, 0.29) is 12.0 Å². The molecule has 180 valence electrons. The van der Waals surface area contributed by atoms with Crippen molar-refractivity contribution in [2.75, 3.05) is 13.2 Å². The van der Waals surface area contributed by atoms with E-state index >= 15 is 0 Å². The molecule has 2 aromatic carbocycles. The van der Waals surface area contributed by atoms with Crippen LogP contribution >= 0.6 is 11.6 Å². The number of hydrogen-bond acceptors (Lipinski definition) is 5. The lowest BCUT2D eigenvalue weighted by Gasteiger charge is -2.09. The van der Waals surface area contributed by atoms with Gasteiger partial charge in [0.25, 0.3) is 0 Å². The molecule has 0 heterocycles. The third kappa shape index (κ3) is 10.8. The minimum absolute atomic E-state index is 0.135. The SMILES string of the molecule is CCCCCCCCCCOc1ccc(C(=O)Oc2ccc(C(=O)OC[C@@H](C)Cl)cc2)cc1. The fourth-order valence-electron chi connectivity index (χ4n) is 3.21. The summed E-state index contributed by atoms with van der Waals surface area (Å²) in [7, 11) is 0. The van der Waals surface area contributed by atoms with E-state index in [9.17, 15) is 9.59 Å². The van der Waals surface area contributed by atoms with Crippen LogP contribution in [-0.4, -0.2) is 30.5 Å². The van der Waals surface area contributed by atoms with E-state index in [0.717, 1.165) is 12.2 Å². The predicted octanol–water partition coefficient (Wildman–Crippen LogP) is 7.21. The van der Waals surface area contributed by atoms with E-state index in [0.29, 0.717) is 23.5 Å². The first-order chi connectivity index (χ1) is 16.0. The number of hydrogen-bond donors (Lipinski definition) is 0. The monoisotopic (exact) mass is 474 g/mol. The van der Waals surface area contributed by atoms with E-state index < -0.39 is 11.9 Å². The Morgan fingerprint density at radius 1 is 0.758 bits per heavy atom. The summed E-state index contributed by atoms with van der Waals surface area (Å²) in [6.45, 7) is 4.79. The number of carbonyl (C=O) groups excluding carboxylic acids is 2. The van der Waals surface area contributed by atoms with E-state index in [2.05, 4.69) is 6.92 Å². The second-order valence-corrected chi connectivity index (χ2v) is 8.89. The van der Waals surface area contributed by atoms with E-state index in [1.54, 1.807) is 55.5 Å². The van der Waals surface area contributed by atoms with Crippen molar-refractivity contribution in [1.29, 1.82) is 0 Å². The highest BCUT2D eigenvalue weighted by Crippen LogP contribution is 2.18. The molecule has 2 aromatic rings. The van der Waals surface area contributed by atoms with E-state index in [1.165, 1.54) is 44.9 Å². The summed E-state index contributed by atoms with van der Waals surface area (Å²) in [5, 5.41) is -0.254. The molecular formula is C27H35ClO5. The first-order valence-corrected chi connectivity index (χ1v) is 12.3. The minimum Gasteiger partial charge on any atom is -0.494 e. The Labute approximate surface area is 202 Å². The molecule has 5 nitrogen and oxygen atoms in total. The fourth-order valence-corrected chi connectivity index (χ4v) is 3.28. The molecule has 6 heteroatoms. The van der Waals surface area contributed by atoms with Crippen molar-refractivity contribution in [3.8, 4) is 11.5 Å². The normalized spacial score (nSPS) is 11.6. The van der Waals surface area contributed by atoms with E-state index in [1.807, 2.05) is 0 Å². The highest BCUT2D eigenvalue weighted by molar-refractivity contribution is 6.20. The Morgan fingerprint density at radius 2 is 1.27 bits per heavy atom. The molecule has 0 saturated carbocycles. The van der Waals surface area contributed by atoms with Gasteiger partial charge in [-0.3, -0.25) is 0 Å². The summed E-state index contributed by atoms with van der Waals surface area (Å²) < 4.78 is 16.2. The Balaban J connectivity index is 1.70. The Hall–Kier alpha value is -2.53. The summed E-state index contributed by atoms with van der Waals surface area (Å²) in [5.74, 6) is 0.139. The molecule has 0 aliphatic heterocycles. The first kappa shape index (κ1) is 26.7. The first-order valence-electron chi connectivity index (χ1n) is 11.9. The Bertz CT molecular complexity index is 831. The summed E-state index contributed by atoms with van der Waals surface area (Å²) in [6, 6.07) is 13.1. The highest BCUT2D eigenvalue weighted by Gasteiger charge is 2.12. The van der Waals surface area contributed by atoms with Crippen LogP contribution in [0.2, 0.25) is 0 Å². The minimum atomic E-state index is -0.476. The average Bonchev–Trinajstić information content (AvgIpc) is 2.82. The molecule has 0 saturated heterocycles. The number of ether oxygens (including phenoxy) is 3. The van der Waals surface area contributed by atoms with Gasteiger partial charge in [0.05, 0.1) is 23.1 Å². The van der Waals surface area contributed by atoms with Crippen LogP contribution in [0.15, 0.2) is 48.5 Å². The van der Waals surface area contributed by atoms with E-state index in [4.69, 9.17) is 25.8 Å². The van der Waals surface area contributed by atoms with Gasteiger partial charge < -0.3 is 14.2 Å². The third-order valence-corrected chi connectivity index (χ3v) is 5.23. The van der Waals surface area contributed by atoms with Crippen molar-refractivity contribution in [1.82, 2.24) is 0 Å². The maximum Gasteiger partial charge on any atom is 0.343 e. The van der Waals surface area contributed by atoms with Crippen molar-refractivity contribution in [2.45, 2.75) is 70.6 Å². The number of halogens is 1. The zero-order valence-electron chi connectivity index (χ0n) is 19.7. The molecular weight excluding hydrogens is 440 g/mol. The van der Waals surface area contributed by atoms with Crippen LogP contribution in [0.1, 0.15) is 85.9 Å². The van der Waals surface area contributed by atoms with Crippen LogP contribution < -0.4 is 9.47 Å². The molecule has 0 fully saturated rings. The topological polar surface area (TPSA) is 61.8 Å². The van der Waals surface area contributed by atoms with Crippen molar-refractivity contribution in [3.63, 3.8) is 0 Å². The van der Waals surface area contributed by atoms with Gasteiger partial charge in [0.2, 0.25) is 0 Å². The van der Waals surface area contributed by atoms with Crippen molar-refractivity contribution in [3.05, 3.63) is 59.7 Å². The largest absolute Gasteiger partial charge is 0.494 e. The third-order valence-electron chi connectivity index (χ3n) is 5.10. The lowest BCUT2D eigenvalue weighted by molar-refractivity contribution is 0.0508. The van der Waals surface area contributed by atoms with Crippen LogP contribution in [0.5, 0.6) is 11.5 Å². The zero-order valence-corrected chi connectivity index (χ0v) is 20.4. The summed E-state index contributed by atoms with van der Waals surface area (Å²) in [6.07, 6.45) is 10.1. The van der Waals surface area contributed by atoms with Crippen molar-refractivity contribution < 1.29 is 23.8 Å². The second-order valence-electron chi connectivity index (χ2n) is 8.14. The van der Waals surface area contributed by atoms with Crippen molar-refractivity contribution in [2.24, 2.45) is 0 Å². The number of benzene rings is 2. The molecule has 0 amide bonds. The predicted molar refractivity (Wildman–Crippen MR) is 132 cm³/mol. The maximum absolute atomic E-state index is 12.4. The highest BCUT2D eigenvalue weighted by atomic mass is 35.5. The fraction of sp³-hybridized carbons (Fsp3) is 0.481. The van der Waals surface area contributed by atoms with Gasteiger partial charge >= 0.3 is 11.9 Å². The molecule has 0 radical (unpaired) electrons. The summed E-state index contributed by atoms with van der Waals surface area (Å²) in [4.78, 5) is 24.3. The van der Waals surface area contributed by atoms with Crippen molar-refractivity contribution >= 4 is 23.5 Å². The quantitative estimate of drug-likeness (QED) is 0.118. The molecule has 0 bridgehead atoms. The van der Waals surface area contributed by atoms with Gasteiger partial charge in [-0.2, -0.15) is 0 Å². The number of alkyl halides is 1. The van der Waals surface area contributed by atoms with Gasteiger partial charge in [0.1, 0.15) is 18.1 Å². The van der Waals surface area contributed by atoms with Crippen LogP contribution in [0.4, 0.5) is 0 Å². The molecule has 33 heavy (non-hydrogen) atoms. The van der Waals surface area contributed by atoms with Gasteiger partial charge in [0, 0.05) is 0 Å². The van der Waals surface area contributed by atoms with Gasteiger partial charge in [-0.1, -0.05) is 51.9 Å². The number of unbranched alkanes of at least 4 members (excludes halogenated alkanes) is 7. The second kappa shape index (κ2) is 15.3. The van der Waals surface area contributed by atoms with Gasteiger partial charge in [-0.05, 0) is 61.9 Å². The molecule has 0 unspecified atom stereocenters. The molecule has 2 rings (SSSR count). The Kier molecular flexibility index (Phi) is 12.4. The van der Waals surface area contributed by atoms with Gasteiger partial charge in [0.15, 0.2) is 0 Å². The Morgan fingerprint density at radius 3 is 1.85 bits per heavy atom. The summed E-state index contributed by atoms with van der Waals surface area (Å²) >= 11 is 5.78. The van der Waals surface area contributed by atoms with Crippen LogP contribution in [-0.2, 0) is 4.74 Å².